The summed E-state index contributed by atoms with van der Waals surface area (Å²) in [5, 5.41) is 10.3. The third-order valence-corrected chi connectivity index (χ3v) is 4.34. The molecular formula is C23H18N2O2. The Balaban J connectivity index is 1.75. The second kappa shape index (κ2) is 7.36. The molecular weight excluding hydrogens is 336 g/mol. The summed E-state index contributed by atoms with van der Waals surface area (Å²) in [4.78, 5) is 4.46. The SMILES string of the molecule is COc1cc(-c2ccccc2)cc2ncc(C#C[C@@H](O)c3ccccc3)n12. The molecule has 132 valence electrons. The largest absolute Gasteiger partial charge is 0.482 e. The Morgan fingerprint density at radius 1 is 0.963 bits per heavy atom. The molecule has 0 saturated heterocycles. The zero-order valence-corrected chi connectivity index (χ0v) is 14.8. The van der Waals surface area contributed by atoms with Crippen LogP contribution in [0.1, 0.15) is 17.4 Å². The molecule has 0 spiro atoms. The molecule has 0 fully saturated rings. The van der Waals surface area contributed by atoms with E-state index >= 15 is 0 Å². The van der Waals surface area contributed by atoms with Gasteiger partial charge in [-0.2, -0.15) is 0 Å². The van der Waals surface area contributed by atoms with Gasteiger partial charge in [0.25, 0.3) is 0 Å². The molecule has 1 N–H and O–H groups in total. The van der Waals surface area contributed by atoms with E-state index < -0.39 is 6.10 Å². The van der Waals surface area contributed by atoms with E-state index in [-0.39, 0.29) is 0 Å². The van der Waals surface area contributed by atoms with Crippen LogP contribution in [-0.2, 0) is 0 Å². The van der Waals surface area contributed by atoms with Crippen molar-refractivity contribution in [2.75, 3.05) is 7.11 Å². The standard InChI is InChI=1S/C23H18N2O2/c1-27-23-15-19(17-8-4-2-5-9-17)14-22-24-16-20(25(22)23)12-13-21(26)18-10-6-3-7-11-18/h2-11,14-16,21,26H,1H3/t21-/m1/s1. The highest BCUT2D eigenvalue weighted by Gasteiger charge is 2.11. The lowest BCUT2D eigenvalue weighted by Gasteiger charge is -2.09. The molecule has 2 heterocycles. The van der Waals surface area contributed by atoms with Crippen LogP contribution in [0, 0.1) is 11.8 Å². The number of hydrogen-bond donors (Lipinski definition) is 1. The van der Waals surface area contributed by atoms with Gasteiger partial charge in [0.2, 0.25) is 5.88 Å². The summed E-state index contributed by atoms with van der Waals surface area (Å²) in [6.07, 6.45) is 0.837. The summed E-state index contributed by atoms with van der Waals surface area (Å²) in [6.45, 7) is 0. The number of hydrogen-bond acceptors (Lipinski definition) is 3. The lowest BCUT2D eigenvalue weighted by Crippen LogP contribution is -1.98. The zero-order chi connectivity index (χ0) is 18.6. The number of imidazole rings is 1. The fraction of sp³-hybridized carbons (Fsp3) is 0.0870. The molecule has 4 aromatic rings. The second-order valence-electron chi connectivity index (χ2n) is 6.07. The summed E-state index contributed by atoms with van der Waals surface area (Å²) in [5.74, 6) is 6.54. The third kappa shape index (κ3) is 3.41. The lowest BCUT2D eigenvalue weighted by molar-refractivity contribution is 0.238. The van der Waals surface area contributed by atoms with E-state index in [9.17, 15) is 5.11 Å². The molecule has 0 amide bonds. The first-order valence-electron chi connectivity index (χ1n) is 8.62. The van der Waals surface area contributed by atoms with Gasteiger partial charge in [0.05, 0.1) is 13.3 Å². The summed E-state index contributed by atoms with van der Waals surface area (Å²) < 4.78 is 7.42. The van der Waals surface area contributed by atoms with Gasteiger partial charge in [0, 0.05) is 6.07 Å². The average Bonchev–Trinajstić information content (AvgIpc) is 3.15. The van der Waals surface area contributed by atoms with Crippen LogP contribution in [0.2, 0.25) is 0 Å². The monoisotopic (exact) mass is 354 g/mol. The Bertz CT molecular complexity index is 1120. The maximum atomic E-state index is 10.3. The first-order chi connectivity index (χ1) is 13.3. The van der Waals surface area contributed by atoms with Crippen LogP contribution >= 0.6 is 0 Å². The van der Waals surface area contributed by atoms with Gasteiger partial charge in [-0.1, -0.05) is 66.6 Å². The molecule has 0 saturated carbocycles. The van der Waals surface area contributed by atoms with Crippen molar-refractivity contribution in [2.24, 2.45) is 0 Å². The van der Waals surface area contributed by atoms with E-state index in [4.69, 9.17) is 4.74 Å². The van der Waals surface area contributed by atoms with Crippen molar-refractivity contribution in [3.63, 3.8) is 0 Å². The molecule has 4 heteroatoms. The van der Waals surface area contributed by atoms with E-state index in [2.05, 4.69) is 16.8 Å². The fourth-order valence-electron chi connectivity index (χ4n) is 2.97. The highest BCUT2D eigenvalue weighted by atomic mass is 16.5. The van der Waals surface area contributed by atoms with Crippen molar-refractivity contribution in [3.05, 3.63) is 90.3 Å². The number of benzene rings is 2. The quantitative estimate of drug-likeness (QED) is 0.564. The van der Waals surface area contributed by atoms with Crippen molar-refractivity contribution < 1.29 is 9.84 Å². The number of fused-ring (bicyclic) bond motifs is 1. The Hall–Kier alpha value is -3.55. The number of nitrogens with zero attached hydrogens (tertiary/aromatic N) is 2. The molecule has 2 aromatic carbocycles. The minimum absolute atomic E-state index is 0.641. The molecule has 4 nitrogen and oxygen atoms in total. The zero-order valence-electron chi connectivity index (χ0n) is 14.8. The van der Waals surface area contributed by atoms with Crippen LogP contribution in [0.15, 0.2) is 79.0 Å². The van der Waals surface area contributed by atoms with E-state index in [1.807, 2.05) is 77.2 Å². The van der Waals surface area contributed by atoms with E-state index in [0.717, 1.165) is 22.3 Å². The molecule has 0 unspecified atom stereocenters. The summed E-state index contributed by atoms with van der Waals surface area (Å²) >= 11 is 0. The summed E-state index contributed by atoms with van der Waals surface area (Å²) in [6, 6.07) is 23.4. The van der Waals surface area contributed by atoms with Gasteiger partial charge < -0.3 is 9.84 Å². The van der Waals surface area contributed by atoms with Crippen LogP contribution in [-0.4, -0.2) is 21.6 Å². The van der Waals surface area contributed by atoms with Crippen molar-refractivity contribution in [3.8, 4) is 28.8 Å². The van der Waals surface area contributed by atoms with E-state index in [1.165, 1.54) is 0 Å². The summed E-state index contributed by atoms with van der Waals surface area (Å²) in [5.41, 5.74) is 4.28. The van der Waals surface area contributed by atoms with Crippen LogP contribution in [0.3, 0.4) is 0 Å². The Morgan fingerprint density at radius 2 is 1.67 bits per heavy atom. The summed E-state index contributed by atoms with van der Waals surface area (Å²) in [7, 11) is 1.62. The number of aliphatic hydroxyl groups is 1. The maximum Gasteiger partial charge on any atom is 0.200 e. The van der Waals surface area contributed by atoms with Crippen molar-refractivity contribution in [1.29, 1.82) is 0 Å². The number of ether oxygens (including phenoxy) is 1. The van der Waals surface area contributed by atoms with Crippen LogP contribution in [0.5, 0.6) is 5.88 Å². The molecule has 2 aromatic heterocycles. The van der Waals surface area contributed by atoms with E-state index in [1.54, 1.807) is 13.3 Å². The van der Waals surface area contributed by atoms with Crippen molar-refractivity contribution >= 4 is 5.65 Å². The Morgan fingerprint density at radius 3 is 2.37 bits per heavy atom. The van der Waals surface area contributed by atoms with Gasteiger partial charge in [-0.15, -0.1) is 0 Å². The highest BCUT2D eigenvalue weighted by Crippen LogP contribution is 2.27. The minimum Gasteiger partial charge on any atom is -0.482 e. The smallest absolute Gasteiger partial charge is 0.200 e. The third-order valence-electron chi connectivity index (χ3n) is 4.34. The molecule has 4 rings (SSSR count). The molecule has 1 atom stereocenters. The molecule has 0 aliphatic rings. The van der Waals surface area contributed by atoms with E-state index in [0.29, 0.717) is 11.6 Å². The topological polar surface area (TPSA) is 46.8 Å². The molecule has 27 heavy (non-hydrogen) atoms. The molecule has 0 bridgehead atoms. The maximum absolute atomic E-state index is 10.3. The van der Waals surface area contributed by atoms with Gasteiger partial charge in [-0.3, -0.25) is 4.40 Å². The first-order valence-corrected chi connectivity index (χ1v) is 8.62. The number of rotatable bonds is 3. The predicted octanol–water partition coefficient (Wildman–Crippen LogP) is 4.10. The number of aromatic nitrogens is 2. The Labute approximate surface area is 157 Å². The van der Waals surface area contributed by atoms with Gasteiger partial charge in [-0.25, -0.2) is 4.98 Å². The average molecular weight is 354 g/mol. The normalized spacial score (nSPS) is 11.6. The predicted molar refractivity (Wildman–Crippen MR) is 105 cm³/mol. The second-order valence-corrected chi connectivity index (χ2v) is 6.07. The minimum atomic E-state index is -0.855. The Kier molecular flexibility index (Phi) is 4.61. The first kappa shape index (κ1) is 16.9. The van der Waals surface area contributed by atoms with Gasteiger partial charge in [0.15, 0.2) is 0 Å². The molecule has 0 aliphatic heterocycles. The highest BCUT2D eigenvalue weighted by molar-refractivity contribution is 5.70. The van der Waals surface area contributed by atoms with Crippen molar-refractivity contribution in [2.45, 2.75) is 6.10 Å². The molecule has 0 radical (unpaired) electrons. The van der Waals surface area contributed by atoms with Gasteiger partial charge in [0.1, 0.15) is 17.4 Å². The number of pyridine rings is 1. The fourth-order valence-corrected chi connectivity index (χ4v) is 2.97. The lowest BCUT2D eigenvalue weighted by atomic mass is 10.1. The van der Waals surface area contributed by atoms with Crippen LogP contribution < -0.4 is 4.74 Å². The van der Waals surface area contributed by atoms with Gasteiger partial charge >= 0.3 is 0 Å². The van der Waals surface area contributed by atoms with Gasteiger partial charge in [-0.05, 0) is 28.7 Å². The molecule has 0 aliphatic carbocycles. The van der Waals surface area contributed by atoms with Crippen LogP contribution in [0.4, 0.5) is 0 Å². The number of methoxy groups -OCH3 is 1. The number of aliphatic hydroxyl groups excluding tert-OH is 1. The van der Waals surface area contributed by atoms with Crippen molar-refractivity contribution in [1.82, 2.24) is 9.38 Å². The van der Waals surface area contributed by atoms with Crippen LogP contribution in [0.25, 0.3) is 16.8 Å².